The summed E-state index contributed by atoms with van der Waals surface area (Å²) < 4.78 is 1.43. The van der Waals surface area contributed by atoms with E-state index in [0.29, 0.717) is 37.9 Å². The number of aliphatic hydroxyl groups excluding tert-OH is 1. The number of hydrogen-bond donors (Lipinski definition) is 4. The third-order valence-electron chi connectivity index (χ3n) is 6.96. The van der Waals surface area contributed by atoms with E-state index in [1.807, 2.05) is 24.3 Å². The van der Waals surface area contributed by atoms with Crippen molar-refractivity contribution in [3.63, 3.8) is 0 Å². The number of likely N-dealkylation sites (tertiary alicyclic amines) is 1. The first-order chi connectivity index (χ1) is 17.7. The topological polar surface area (TPSA) is 163 Å². The lowest BCUT2D eigenvalue weighted by Gasteiger charge is -2.37. The zero-order chi connectivity index (χ0) is 26.6. The standard InChI is InChI=1S/C25H36N8O4/c1-25(27,17-34)22(35)31-12-14-32(15-13-31)23(36)28-21-8-11-33(24(37)29-21)20-4-2-18(3-5-20)16-30-9-6-19(26)7-10-30/h2-5,8,11,19,34H,6-7,9-10,12-17,26-27H2,1H3,(H,28,29,36,37)/t25-/m0/s1. The van der Waals surface area contributed by atoms with Gasteiger partial charge in [0.1, 0.15) is 11.4 Å². The average Bonchev–Trinajstić information content (AvgIpc) is 2.90. The minimum atomic E-state index is -1.35. The number of benzene rings is 1. The predicted molar refractivity (Wildman–Crippen MR) is 139 cm³/mol. The Morgan fingerprint density at radius 3 is 2.27 bits per heavy atom. The van der Waals surface area contributed by atoms with Gasteiger partial charge in [0.25, 0.3) is 0 Å². The smallest absolute Gasteiger partial charge is 0.354 e. The molecule has 200 valence electrons. The number of piperazine rings is 1. The van der Waals surface area contributed by atoms with Gasteiger partial charge in [-0.05, 0) is 56.6 Å². The van der Waals surface area contributed by atoms with E-state index < -0.39 is 23.9 Å². The van der Waals surface area contributed by atoms with E-state index in [4.69, 9.17) is 11.5 Å². The number of piperidine rings is 1. The third kappa shape index (κ3) is 6.52. The van der Waals surface area contributed by atoms with Crippen LogP contribution in [0.15, 0.2) is 41.3 Å². The Hall–Kier alpha value is -3.32. The first kappa shape index (κ1) is 26.7. The van der Waals surface area contributed by atoms with Crippen molar-refractivity contribution < 1.29 is 14.7 Å². The highest BCUT2D eigenvalue weighted by atomic mass is 16.3. The molecule has 2 aliphatic heterocycles. The summed E-state index contributed by atoms with van der Waals surface area (Å²) in [5, 5.41) is 12.0. The second-order valence-corrected chi connectivity index (χ2v) is 10.0. The molecule has 0 aliphatic carbocycles. The van der Waals surface area contributed by atoms with Gasteiger partial charge in [-0.1, -0.05) is 12.1 Å². The summed E-state index contributed by atoms with van der Waals surface area (Å²) in [6, 6.07) is 9.25. The molecule has 12 heteroatoms. The second-order valence-electron chi connectivity index (χ2n) is 10.0. The van der Waals surface area contributed by atoms with E-state index in [2.05, 4.69) is 15.2 Å². The van der Waals surface area contributed by atoms with Crippen LogP contribution in [0, 0.1) is 0 Å². The molecule has 3 amide bonds. The van der Waals surface area contributed by atoms with Gasteiger partial charge in [0, 0.05) is 45.0 Å². The van der Waals surface area contributed by atoms with Crippen LogP contribution in [0.3, 0.4) is 0 Å². The zero-order valence-electron chi connectivity index (χ0n) is 21.2. The van der Waals surface area contributed by atoms with Crippen LogP contribution in [0.2, 0.25) is 0 Å². The fourth-order valence-corrected chi connectivity index (χ4v) is 4.53. The maximum Gasteiger partial charge on any atom is 0.354 e. The molecule has 0 radical (unpaired) electrons. The number of urea groups is 1. The van der Waals surface area contributed by atoms with Crippen molar-refractivity contribution in [1.29, 1.82) is 0 Å². The second kappa shape index (κ2) is 11.4. The molecule has 12 nitrogen and oxygen atoms in total. The fraction of sp³-hybridized carbons (Fsp3) is 0.520. The number of carbonyl (C=O) groups is 2. The quantitative estimate of drug-likeness (QED) is 0.404. The van der Waals surface area contributed by atoms with Crippen LogP contribution in [0.25, 0.3) is 5.69 Å². The number of aliphatic hydroxyl groups is 1. The van der Waals surface area contributed by atoms with Gasteiger partial charge in [0.15, 0.2) is 0 Å². The van der Waals surface area contributed by atoms with Crippen molar-refractivity contribution >= 4 is 17.8 Å². The molecule has 0 unspecified atom stereocenters. The van der Waals surface area contributed by atoms with E-state index in [0.717, 1.165) is 32.5 Å². The Bertz CT molecular complexity index is 1150. The van der Waals surface area contributed by atoms with Crippen LogP contribution < -0.4 is 22.5 Å². The maximum atomic E-state index is 12.7. The molecule has 0 bridgehead atoms. The monoisotopic (exact) mass is 512 g/mol. The van der Waals surface area contributed by atoms with Crippen LogP contribution in [0.4, 0.5) is 10.6 Å². The number of hydrogen-bond acceptors (Lipinski definition) is 8. The lowest BCUT2D eigenvalue weighted by atomic mass is 10.0. The molecule has 2 fully saturated rings. The molecule has 2 aliphatic rings. The summed E-state index contributed by atoms with van der Waals surface area (Å²) >= 11 is 0. The van der Waals surface area contributed by atoms with E-state index in [-0.39, 0.29) is 11.7 Å². The first-order valence-corrected chi connectivity index (χ1v) is 12.6. The van der Waals surface area contributed by atoms with Gasteiger partial charge in [-0.3, -0.25) is 19.6 Å². The summed E-state index contributed by atoms with van der Waals surface area (Å²) in [5.41, 5.74) is 11.8. The fourth-order valence-electron chi connectivity index (χ4n) is 4.53. The number of carbonyl (C=O) groups excluding carboxylic acids is 2. The molecule has 1 aromatic carbocycles. The van der Waals surface area contributed by atoms with Crippen molar-refractivity contribution in [2.24, 2.45) is 11.5 Å². The van der Waals surface area contributed by atoms with Crippen molar-refractivity contribution in [2.75, 3.05) is 51.2 Å². The number of aromatic nitrogens is 2. The first-order valence-electron chi connectivity index (χ1n) is 12.6. The third-order valence-corrected chi connectivity index (χ3v) is 6.96. The molecule has 6 N–H and O–H groups in total. The lowest BCUT2D eigenvalue weighted by molar-refractivity contribution is -0.139. The van der Waals surface area contributed by atoms with E-state index in [1.165, 1.54) is 22.0 Å². The molecule has 2 saturated heterocycles. The van der Waals surface area contributed by atoms with Crippen LogP contribution in [0.1, 0.15) is 25.3 Å². The Labute approximate surface area is 215 Å². The largest absolute Gasteiger partial charge is 0.394 e. The van der Waals surface area contributed by atoms with E-state index >= 15 is 0 Å². The molecule has 4 rings (SSSR count). The minimum absolute atomic E-state index is 0.152. The van der Waals surface area contributed by atoms with E-state index in [9.17, 15) is 19.5 Å². The van der Waals surface area contributed by atoms with Gasteiger partial charge in [-0.15, -0.1) is 0 Å². The summed E-state index contributed by atoms with van der Waals surface area (Å²) in [5.74, 6) is -0.205. The van der Waals surface area contributed by atoms with Crippen molar-refractivity contribution in [1.82, 2.24) is 24.3 Å². The van der Waals surface area contributed by atoms with Gasteiger partial charge in [0.2, 0.25) is 5.91 Å². The van der Waals surface area contributed by atoms with Crippen molar-refractivity contribution in [3.8, 4) is 5.69 Å². The molecule has 0 saturated carbocycles. The zero-order valence-corrected chi connectivity index (χ0v) is 21.2. The highest BCUT2D eigenvalue weighted by Crippen LogP contribution is 2.15. The summed E-state index contributed by atoms with van der Waals surface area (Å²) in [4.78, 5) is 47.2. The summed E-state index contributed by atoms with van der Waals surface area (Å²) in [7, 11) is 0. The Morgan fingerprint density at radius 1 is 1.05 bits per heavy atom. The normalized spacial score (nSPS) is 18.9. The maximum absolute atomic E-state index is 12.7. The molecule has 1 atom stereocenters. The molecule has 2 aromatic rings. The van der Waals surface area contributed by atoms with Crippen LogP contribution in [0.5, 0.6) is 0 Å². The summed E-state index contributed by atoms with van der Waals surface area (Å²) in [6.45, 7) is 5.05. The number of nitrogens with two attached hydrogens (primary N) is 2. The van der Waals surface area contributed by atoms with Gasteiger partial charge in [0.05, 0.1) is 12.3 Å². The van der Waals surface area contributed by atoms with Crippen molar-refractivity contribution in [3.05, 3.63) is 52.6 Å². The Morgan fingerprint density at radius 2 is 1.68 bits per heavy atom. The van der Waals surface area contributed by atoms with E-state index in [1.54, 1.807) is 17.2 Å². The number of nitrogens with one attached hydrogen (secondary N) is 1. The average molecular weight is 513 g/mol. The number of nitrogens with zero attached hydrogens (tertiary/aromatic N) is 5. The van der Waals surface area contributed by atoms with Crippen LogP contribution in [-0.4, -0.2) is 98.8 Å². The number of anilines is 1. The van der Waals surface area contributed by atoms with Gasteiger partial charge in [-0.25, -0.2) is 9.59 Å². The molecule has 1 aromatic heterocycles. The van der Waals surface area contributed by atoms with Crippen LogP contribution in [-0.2, 0) is 11.3 Å². The highest BCUT2D eigenvalue weighted by molar-refractivity contribution is 5.89. The lowest BCUT2D eigenvalue weighted by Crippen LogP contribution is -2.60. The van der Waals surface area contributed by atoms with Gasteiger partial charge in [-0.2, -0.15) is 4.98 Å². The highest BCUT2D eigenvalue weighted by Gasteiger charge is 2.34. The Balaban J connectivity index is 1.31. The molecule has 3 heterocycles. The molecule has 37 heavy (non-hydrogen) atoms. The predicted octanol–water partition coefficient (Wildman–Crippen LogP) is -0.459. The van der Waals surface area contributed by atoms with Crippen molar-refractivity contribution in [2.45, 2.75) is 37.9 Å². The summed E-state index contributed by atoms with van der Waals surface area (Å²) in [6.07, 6.45) is 3.60. The van der Waals surface area contributed by atoms with Gasteiger partial charge < -0.3 is 26.4 Å². The Kier molecular flexibility index (Phi) is 8.22. The van der Waals surface area contributed by atoms with Gasteiger partial charge >= 0.3 is 11.7 Å². The minimum Gasteiger partial charge on any atom is -0.394 e. The molecular formula is C25H36N8O4. The molecular weight excluding hydrogens is 476 g/mol. The number of amides is 3. The number of rotatable bonds is 6. The molecule has 0 spiro atoms. The SMILES string of the molecule is C[C@](N)(CO)C(=O)N1CCN(C(=O)Nc2ccn(-c3ccc(CN4CCC(N)CC4)cc3)c(=O)n2)CC1. The van der Waals surface area contributed by atoms with Crippen LogP contribution >= 0.6 is 0 Å².